The number of carbonyl (C=O) groups excluding carboxylic acids is 1. The van der Waals surface area contributed by atoms with Gasteiger partial charge in [-0.05, 0) is 5.92 Å². The largest absolute Gasteiger partial charge is 0.464 e. The van der Waals surface area contributed by atoms with Crippen LogP contribution in [0, 0.1) is 5.92 Å². The summed E-state index contributed by atoms with van der Waals surface area (Å²) in [6, 6.07) is 0. The molecule has 0 saturated heterocycles. The van der Waals surface area contributed by atoms with Gasteiger partial charge in [-0.1, -0.05) is 20.3 Å². The first-order chi connectivity index (χ1) is 7.67. The minimum Gasteiger partial charge on any atom is -0.464 e. The topological polar surface area (TPSA) is 64.1 Å². The second-order valence-corrected chi connectivity index (χ2v) is 3.67. The summed E-state index contributed by atoms with van der Waals surface area (Å²) >= 11 is 0. The van der Waals surface area contributed by atoms with Gasteiger partial charge in [0.25, 0.3) is 0 Å². The molecule has 0 saturated carbocycles. The second-order valence-electron chi connectivity index (χ2n) is 3.67. The Bertz CT molecular complexity index is 338. The summed E-state index contributed by atoms with van der Waals surface area (Å²) in [5.74, 6) is 0.788. The fourth-order valence-electron chi connectivity index (χ4n) is 1.05. The van der Waals surface area contributed by atoms with Gasteiger partial charge in [0.05, 0.1) is 19.5 Å². The minimum atomic E-state index is -0.471. The van der Waals surface area contributed by atoms with Gasteiger partial charge >= 0.3 is 5.97 Å². The van der Waals surface area contributed by atoms with Crippen molar-refractivity contribution >= 4 is 11.8 Å². The summed E-state index contributed by atoms with van der Waals surface area (Å²) in [6.45, 7) is 5.14. The number of hydrogen-bond acceptors (Lipinski definition) is 5. The number of rotatable bonds is 5. The van der Waals surface area contributed by atoms with Crippen molar-refractivity contribution in [2.75, 3.05) is 19.0 Å². The molecule has 1 heterocycles. The Morgan fingerprint density at radius 3 is 2.75 bits per heavy atom. The SMILES string of the molecule is CCC(C)CNc1cnc(C(=O)OC)cn1. The van der Waals surface area contributed by atoms with Crippen LogP contribution < -0.4 is 5.32 Å². The van der Waals surface area contributed by atoms with E-state index < -0.39 is 5.97 Å². The van der Waals surface area contributed by atoms with Gasteiger partial charge in [-0.2, -0.15) is 0 Å². The highest BCUT2D eigenvalue weighted by molar-refractivity contribution is 5.86. The molecule has 1 aromatic rings. The predicted octanol–water partition coefficient (Wildman–Crippen LogP) is 1.72. The normalized spacial score (nSPS) is 11.9. The number of nitrogens with one attached hydrogen (secondary N) is 1. The summed E-state index contributed by atoms with van der Waals surface area (Å²) in [6.07, 6.45) is 4.06. The average molecular weight is 223 g/mol. The standard InChI is InChI=1S/C11H17N3O2/c1-4-8(2)5-13-10-7-12-9(6-14-10)11(15)16-3/h6-8H,4-5H2,1-3H3,(H,13,14). The zero-order valence-corrected chi connectivity index (χ0v) is 9.86. The van der Waals surface area contributed by atoms with Crippen LogP contribution in [0.15, 0.2) is 12.4 Å². The molecule has 1 unspecified atom stereocenters. The van der Waals surface area contributed by atoms with Crippen LogP contribution in [0.4, 0.5) is 5.82 Å². The molecule has 88 valence electrons. The molecule has 1 atom stereocenters. The number of nitrogens with zero attached hydrogens (tertiary/aromatic N) is 2. The van der Waals surface area contributed by atoms with Crippen molar-refractivity contribution in [1.82, 2.24) is 9.97 Å². The van der Waals surface area contributed by atoms with E-state index in [-0.39, 0.29) is 5.69 Å². The summed E-state index contributed by atoms with van der Waals surface area (Å²) < 4.78 is 4.53. The maximum atomic E-state index is 11.1. The van der Waals surface area contributed by atoms with Crippen molar-refractivity contribution in [3.63, 3.8) is 0 Å². The minimum absolute atomic E-state index is 0.219. The Labute approximate surface area is 95.3 Å². The van der Waals surface area contributed by atoms with Crippen LogP contribution in [-0.2, 0) is 4.74 Å². The molecule has 0 fully saturated rings. The molecule has 1 N–H and O–H groups in total. The Hall–Kier alpha value is -1.65. The molecular formula is C11H17N3O2. The van der Waals surface area contributed by atoms with Gasteiger partial charge < -0.3 is 10.1 Å². The second kappa shape index (κ2) is 6.05. The number of aromatic nitrogens is 2. The lowest BCUT2D eigenvalue weighted by atomic mass is 10.1. The average Bonchev–Trinajstić information content (AvgIpc) is 2.35. The quantitative estimate of drug-likeness (QED) is 0.770. The van der Waals surface area contributed by atoms with Crippen LogP contribution in [0.5, 0.6) is 0 Å². The highest BCUT2D eigenvalue weighted by Crippen LogP contribution is 2.05. The third-order valence-corrected chi connectivity index (χ3v) is 2.37. The number of hydrogen-bond donors (Lipinski definition) is 1. The van der Waals surface area contributed by atoms with Crippen LogP contribution in [-0.4, -0.2) is 29.6 Å². The molecule has 5 nitrogen and oxygen atoms in total. The maximum Gasteiger partial charge on any atom is 0.358 e. The first-order valence-corrected chi connectivity index (χ1v) is 5.31. The van der Waals surface area contributed by atoms with E-state index in [4.69, 9.17) is 0 Å². The molecule has 5 heteroatoms. The van der Waals surface area contributed by atoms with E-state index >= 15 is 0 Å². The lowest BCUT2D eigenvalue weighted by Gasteiger charge is -2.10. The number of carbonyl (C=O) groups is 1. The zero-order chi connectivity index (χ0) is 12.0. The Balaban J connectivity index is 2.54. The fraction of sp³-hybridized carbons (Fsp3) is 0.545. The van der Waals surface area contributed by atoms with Crippen LogP contribution in [0.1, 0.15) is 30.8 Å². The highest BCUT2D eigenvalue weighted by Gasteiger charge is 2.07. The number of methoxy groups -OCH3 is 1. The van der Waals surface area contributed by atoms with E-state index in [0.717, 1.165) is 13.0 Å². The van der Waals surface area contributed by atoms with Gasteiger partial charge in [-0.25, -0.2) is 14.8 Å². The van der Waals surface area contributed by atoms with Gasteiger partial charge in [0.1, 0.15) is 5.82 Å². The van der Waals surface area contributed by atoms with E-state index in [1.807, 2.05) is 0 Å². The highest BCUT2D eigenvalue weighted by atomic mass is 16.5. The van der Waals surface area contributed by atoms with Crippen LogP contribution in [0.3, 0.4) is 0 Å². The predicted molar refractivity (Wildman–Crippen MR) is 61.3 cm³/mol. The summed E-state index contributed by atoms with van der Waals surface area (Å²) in [5, 5.41) is 3.15. The molecule has 0 aliphatic rings. The monoisotopic (exact) mass is 223 g/mol. The molecule has 0 radical (unpaired) electrons. The van der Waals surface area contributed by atoms with Gasteiger partial charge in [0.2, 0.25) is 0 Å². The van der Waals surface area contributed by atoms with Crippen molar-refractivity contribution in [2.24, 2.45) is 5.92 Å². The summed E-state index contributed by atoms with van der Waals surface area (Å²) in [7, 11) is 1.32. The van der Waals surface area contributed by atoms with Crippen LogP contribution >= 0.6 is 0 Å². The van der Waals surface area contributed by atoms with E-state index in [1.54, 1.807) is 0 Å². The maximum absolute atomic E-state index is 11.1. The molecule has 0 spiro atoms. The third kappa shape index (κ3) is 3.49. The van der Waals surface area contributed by atoms with E-state index in [0.29, 0.717) is 11.7 Å². The van der Waals surface area contributed by atoms with E-state index in [2.05, 4.69) is 33.9 Å². The lowest BCUT2D eigenvalue weighted by Crippen LogP contribution is -2.12. The van der Waals surface area contributed by atoms with Crippen molar-refractivity contribution in [3.8, 4) is 0 Å². The van der Waals surface area contributed by atoms with Crippen molar-refractivity contribution in [2.45, 2.75) is 20.3 Å². The van der Waals surface area contributed by atoms with E-state index in [1.165, 1.54) is 19.5 Å². The van der Waals surface area contributed by atoms with Gasteiger partial charge in [0.15, 0.2) is 5.69 Å². The Morgan fingerprint density at radius 2 is 2.25 bits per heavy atom. The third-order valence-electron chi connectivity index (χ3n) is 2.37. The molecule has 0 aliphatic carbocycles. The molecule has 16 heavy (non-hydrogen) atoms. The van der Waals surface area contributed by atoms with Crippen molar-refractivity contribution in [1.29, 1.82) is 0 Å². The zero-order valence-electron chi connectivity index (χ0n) is 9.86. The van der Waals surface area contributed by atoms with Gasteiger partial charge in [-0.15, -0.1) is 0 Å². The molecule has 0 bridgehead atoms. The molecular weight excluding hydrogens is 206 g/mol. The Kier molecular flexibility index (Phi) is 4.69. The summed E-state index contributed by atoms with van der Waals surface area (Å²) in [5.41, 5.74) is 0.219. The summed E-state index contributed by atoms with van der Waals surface area (Å²) in [4.78, 5) is 19.1. The Morgan fingerprint density at radius 1 is 1.50 bits per heavy atom. The smallest absolute Gasteiger partial charge is 0.358 e. The van der Waals surface area contributed by atoms with Crippen molar-refractivity contribution in [3.05, 3.63) is 18.1 Å². The van der Waals surface area contributed by atoms with E-state index in [9.17, 15) is 4.79 Å². The number of ether oxygens (including phenoxy) is 1. The van der Waals surface area contributed by atoms with Crippen LogP contribution in [0.2, 0.25) is 0 Å². The number of esters is 1. The van der Waals surface area contributed by atoms with Gasteiger partial charge in [0, 0.05) is 6.54 Å². The molecule has 1 rings (SSSR count). The number of anilines is 1. The molecule has 0 amide bonds. The first kappa shape index (κ1) is 12.4. The van der Waals surface area contributed by atoms with Crippen LogP contribution in [0.25, 0.3) is 0 Å². The van der Waals surface area contributed by atoms with Gasteiger partial charge in [-0.3, -0.25) is 0 Å². The molecule has 0 aliphatic heterocycles. The molecule has 1 aromatic heterocycles. The molecule has 0 aromatic carbocycles. The fourth-order valence-corrected chi connectivity index (χ4v) is 1.05. The first-order valence-electron chi connectivity index (χ1n) is 5.31. The lowest BCUT2D eigenvalue weighted by molar-refractivity contribution is 0.0593. The van der Waals surface area contributed by atoms with Crippen molar-refractivity contribution < 1.29 is 9.53 Å².